The van der Waals surface area contributed by atoms with E-state index in [9.17, 15) is 4.79 Å². The molecule has 0 aromatic heterocycles. The van der Waals surface area contributed by atoms with Crippen molar-refractivity contribution >= 4 is 5.97 Å². The fourth-order valence-corrected chi connectivity index (χ4v) is 1.90. The highest BCUT2D eigenvalue weighted by Gasteiger charge is 2.10. The summed E-state index contributed by atoms with van der Waals surface area (Å²) in [5.74, 6) is 1.20. The van der Waals surface area contributed by atoms with E-state index in [-0.39, 0.29) is 5.97 Å². The van der Waals surface area contributed by atoms with Crippen LogP contribution in [0.5, 0.6) is 5.75 Å². The summed E-state index contributed by atoms with van der Waals surface area (Å²) in [6, 6.07) is 6.18. The van der Waals surface area contributed by atoms with Crippen LogP contribution in [0.4, 0.5) is 0 Å². The van der Waals surface area contributed by atoms with Gasteiger partial charge in [-0.2, -0.15) is 0 Å². The minimum Gasteiger partial charge on any atom is -0.493 e. The second-order valence-electron chi connectivity index (χ2n) is 4.95. The first-order valence-corrected chi connectivity index (χ1v) is 6.90. The summed E-state index contributed by atoms with van der Waals surface area (Å²) in [4.78, 5) is 11.2. The van der Waals surface area contributed by atoms with Crippen LogP contribution < -0.4 is 4.74 Å². The van der Waals surface area contributed by atoms with E-state index in [0.29, 0.717) is 18.8 Å². The molecule has 0 atom stereocenters. The Labute approximate surface area is 115 Å². The molecule has 106 valence electrons. The van der Waals surface area contributed by atoms with Crippen molar-refractivity contribution in [1.82, 2.24) is 0 Å². The molecular formula is C16H24O3. The lowest BCUT2D eigenvalue weighted by Gasteiger charge is -2.15. The summed E-state index contributed by atoms with van der Waals surface area (Å²) in [7, 11) is 1.42. The Hall–Kier alpha value is -1.51. The summed E-state index contributed by atoms with van der Waals surface area (Å²) in [5, 5.41) is 0. The fraction of sp³-hybridized carbons (Fsp3) is 0.562. The number of esters is 1. The van der Waals surface area contributed by atoms with E-state index in [1.807, 2.05) is 12.1 Å². The lowest BCUT2D eigenvalue weighted by atomic mass is 9.98. The van der Waals surface area contributed by atoms with E-state index in [1.165, 1.54) is 12.7 Å². The molecule has 3 nitrogen and oxygen atoms in total. The molecular weight excluding hydrogens is 240 g/mol. The molecule has 0 bridgehead atoms. The predicted molar refractivity (Wildman–Crippen MR) is 76.7 cm³/mol. The molecule has 0 spiro atoms. The van der Waals surface area contributed by atoms with Gasteiger partial charge in [0.1, 0.15) is 5.75 Å². The summed E-state index contributed by atoms with van der Waals surface area (Å²) < 4.78 is 10.4. The lowest BCUT2D eigenvalue weighted by Crippen LogP contribution is -2.04. The van der Waals surface area contributed by atoms with Gasteiger partial charge in [0, 0.05) is 6.42 Å². The summed E-state index contributed by atoms with van der Waals surface area (Å²) in [5.41, 5.74) is 2.36. The Morgan fingerprint density at radius 1 is 1.32 bits per heavy atom. The van der Waals surface area contributed by atoms with Crippen LogP contribution in [-0.4, -0.2) is 19.7 Å². The normalized spacial score (nSPS) is 10.6. The molecule has 0 saturated carbocycles. The van der Waals surface area contributed by atoms with Gasteiger partial charge in [-0.3, -0.25) is 4.79 Å². The van der Waals surface area contributed by atoms with Crippen LogP contribution >= 0.6 is 0 Å². The Morgan fingerprint density at radius 3 is 2.63 bits per heavy atom. The number of benzene rings is 1. The average Bonchev–Trinajstić information content (AvgIpc) is 2.42. The Balaban J connectivity index is 2.80. The number of carbonyl (C=O) groups is 1. The van der Waals surface area contributed by atoms with Crippen LogP contribution in [0.1, 0.15) is 50.7 Å². The topological polar surface area (TPSA) is 35.5 Å². The fourth-order valence-electron chi connectivity index (χ4n) is 1.90. The SMILES string of the molecule is CCCOc1ccc(CCC(=O)OC)cc1C(C)C. The van der Waals surface area contributed by atoms with Crippen molar-refractivity contribution in [1.29, 1.82) is 0 Å². The summed E-state index contributed by atoms with van der Waals surface area (Å²) in [6.45, 7) is 7.14. The molecule has 0 saturated heterocycles. The van der Waals surface area contributed by atoms with Gasteiger partial charge >= 0.3 is 5.97 Å². The molecule has 0 fully saturated rings. The molecule has 3 heteroatoms. The number of aryl methyl sites for hydroxylation is 1. The third-order valence-corrected chi connectivity index (χ3v) is 3.00. The largest absolute Gasteiger partial charge is 0.493 e. The van der Waals surface area contributed by atoms with Crippen LogP contribution in [0.15, 0.2) is 18.2 Å². The van der Waals surface area contributed by atoms with Gasteiger partial charge in [0.25, 0.3) is 0 Å². The Kier molecular flexibility index (Phi) is 6.40. The van der Waals surface area contributed by atoms with Crippen molar-refractivity contribution in [3.8, 4) is 5.75 Å². The van der Waals surface area contributed by atoms with E-state index < -0.39 is 0 Å². The molecule has 19 heavy (non-hydrogen) atoms. The molecule has 1 aromatic rings. The first-order chi connectivity index (χ1) is 9.08. The van der Waals surface area contributed by atoms with Crippen molar-refractivity contribution in [2.75, 3.05) is 13.7 Å². The van der Waals surface area contributed by atoms with Gasteiger partial charge in [0.15, 0.2) is 0 Å². The Morgan fingerprint density at radius 2 is 2.05 bits per heavy atom. The molecule has 0 unspecified atom stereocenters. The van der Waals surface area contributed by atoms with Gasteiger partial charge in [-0.1, -0.05) is 32.9 Å². The zero-order valence-corrected chi connectivity index (χ0v) is 12.4. The summed E-state index contributed by atoms with van der Waals surface area (Å²) in [6.07, 6.45) is 2.13. The van der Waals surface area contributed by atoms with Gasteiger partial charge in [0.05, 0.1) is 13.7 Å². The van der Waals surface area contributed by atoms with E-state index >= 15 is 0 Å². The van der Waals surface area contributed by atoms with Crippen LogP contribution in [-0.2, 0) is 16.0 Å². The second-order valence-corrected chi connectivity index (χ2v) is 4.95. The highest BCUT2D eigenvalue weighted by Crippen LogP contribution is 2.28. The van der Waals surface area contributed by atoms with Gasteiger partial charge < -0.3 is 9.47 Å². The molecule has 1 aromatic carbocycles. The highest BCUT2D eigenvalue weighted by molar-refractivity contribution is 5.69. The maximum Gasteiger partial charge on any atom is 0.305 e. The third kappa shape index (κ3) is 4.93. The van der Waals surface area contributed by atoms with Gasteiger partial charge in [-0.15, -0.1) is 0 Å². The lowest BCUT2D eigenvalue weighted by molar-refractivity contribution is -0.140. The molecule has 0 heterocycles. The average molecular weight is 264 g/mol. The maximum absolute atomic E-state index is 11.2. The molecule has 0 radical (unpaired) electrons. The standard InChI is InChI=1S/C16H24O3/c1-5-10-19-15-8-6-13(7-9-16(17)18-4)11-14(15)12(2)3/h6,8,11-12H,5,7,9-10H2,1-4H3. The number of hydrogen-bond donors (Lipinski definition) is 0. The number of carbonyl (C=O) groups excluding carboxylic acids is 1. The molecule has 1 rings (SSSR count). The molecule has 0 aliphatic heterocycles. The van der Waals surface area contributed by atoms with Crippen molar-refractivity contribution in [3.63, 3.8) is 0 Å². The van der Waals surface area contributed by atoms with Crippen LogP contribution in [0.25, 0.3) is 0 Å². The molecule has 0 amide bonds. The number of methoxy groups -OCH3 is 1. The quantitative estimate of drug-likeness (QED) is 0.704. The van der Waals surface area contributed by atoms with Crippen LogP contribution in [0.3, 0.4) is 0 Å². The first-order valence-electron chi connectivity index (χ1n) is 6.90. The Bertz CT molecular complexity index is 410. The maximum atomic E-state index is 11.2. The highest BCUT2D eigenvalue weighted by atomic mass is 16.5. The number of ether oxygens (including phenoxy) is 2. The molecule has 0 N–H and O–H groups in total. The smallest absolute Gasteiger partial charge is 0.305 e. The number of rotatable bonds is 7. The zero-order chi connectivity index (χ0) is 14.3. The van der Waals surface area contributed by atoms with Gasteiger partial charge in [-0.25, -0.2) is 0 Å². The second kappa shape index (κ2) is 7.82. The minimum atomic E-state index is -0.169. The third-order valence-electron chi connectivity index (χ3n) is 3.00. The van der Waals surface area contributed by atoms with Crippen molar-refractivity contribution in [2.45, 2.75) is 46.0 Å². The van der Waals surface area contributed by atoms with Crippen molar-refractivity contribution < 1.29 is 14.3 Å². The van der Waals surface area contributed by atoms with Crippen LogP contribution in [0, 0.1) is 0 Å². The monoisotopic (exact) mass is 264 g/mol. The van der Waals surface area contributed by atoms with E-state index in [4.69, 9.17) is 4.74 Å². The number of hydrogen-bond acceptors (Lipinski definition) is 3. The molecule has 0 aliphatic rings. The minimum absolute atomic E-state index is 0.169. The van der Waals surface area contributed by atoms with Crippen molar-refractivity contribution in [2.24, 2.45) is 0 Å². The molecule has 0 aliphatic carbocycles. The van der Waals surface area contributed by atoms with Crippen LogP contribution in [0.2, 0.25) is 0 Å². The van der Waals surface area contributed by atoms with Crippen molar-refractivity contribution in [3.05, 3.63) is 29.3 Å². The zero-order valence-electron chi connectivity index (χ0n) is 12.4. The van der Waals surface area contributed by atoms with E-state index in [0.717, 1.165) is 24.3 Å². The van der Waals surface area contributed by atoms with E-state index in [1.54, 1.807) is 0 Å². The first kappa shape index (κ1) is 15.5. The van der Waals surface area contributed by atoms with Gasteiger partial charge in [0.2, 0.25) is 0 Å². The summed E-state index contributed by atoms with van der Waals surface area (Å²) >= 11 is 0. The predicted octanol–water partition coefficient (Wildman–Crippen LogP) is 3.70. The van der Waals surface area contributed by atoms with E-state index in [2.05, 4.69) is 31.6 Å². The van der Waals surface area contributed by atoms with Gasteiger partial charge in [-0.05, 0) is 36.0 Å².